The van der Waals surface area contributed by atoms with Gasteiger partial charge >= 0.3 is 5.63 Å². The van der Waals surface area contributed by atoms with Crippen molar-refractivity contribution in [3.63, 3.8) is 0 Å². The van der Waals surface area contributed by atoms with Gasteiger partial charge < -0.3 is 24.1 Å². The van der Waals surface area contributed by atoms with Gasteiger partial charge in [-0.3, -0.25) is 4.79 Å². The first-order valence-electron chi connectivity index (χ1n) is 11.7. The quantitative estimate of drug-likeness (QED) is 0.343. The van der Waals surface area contributed by atoms with E-state index in [9.17, 15) is 19.5 Å². The molecule has 2 aromatic heterocycles. The Labute approximate surface area is 212 Å². The summed E-state index contributed by atoms with van der Waals surface area (Å²) in [7, 11) is 0. The van der Waals surface area contributed by atoms with Crippen molar-refractivity contribution in [1.82, 2.24) is 5.32 Å². The summed E-state index contributed by atoms with van der Waals surface area (Å²) in [6.07, 6.45) is 0.0860. The van der Waals surface area contributed by atoms with E-state index >= 15 is 0 Å². The van der Waals surface area contributed by atoms with Gasteiger partial charge in [-0.2, -0.15) is 11.8 Å². The van der Waals surface area contributed by atoms with Gasteiger partial charge in [0.2, 0.25) is 5.91 Å². The number of nitrogens with one attached hydrogen (secondary N) is 1. The fourth-order valence-electron chi connectivity index (χ4n) is 4.32. The fraction of sp³-hybridized carbons (Fsp3) is 0.321. The molecule has 2 aromatic carbocycles. The van der Waals surface area contributed by atoms with Crippen molar-refractivity contribution in [1.29, 1.82) is 0 Å². The van der Waals surface area contributed by atoms with Gasteiger partial charge in [0, 0.05) is 39.8 Å². The smallest absolute Gasteiger partial charge is 0.339 e. The average molecular weight is 507 g/mol. The van der Waals surface area contributed by atoms with E-state index in [1.165, 1.54) is 11.8 Å². The summed E-state index contributed by atoms with van der Waals surface area (Å²) in [6.45, 7) is 7.58. The first-order valence-corrected chi connectivity index (χ1v) is 12.9. The summed E-state index contributed by atoms with van der Waals surface area (Å²) in [6, 6.07) is 10.5. The van der Waals surface area contributed by atoms with Crippen molar-refractivity contribution in [3.05, 3.63) is 80.4 Å². The van der Waals surface area contributed by atoms with E-state index in [1.54, 1.807) is 0 Å². The van der Waals surface area contributed by atoms with Crippen LogP contribution in [0.1, 0.15) is 40.0 Å². The van der Waals surface area contributed by atoms with Crippen LogP contribution in [0.15, 0.2) is 50.0 Å². The number of aryl methyl sites for hydroxylation is 4. The first-order chi connectivity index (χ1) is 17.2. The van der Waals surface area contributed by atoms with Gasteiger partial charge in [-0.1, -0.05) is 30.3 Å². The Bertz CT molecular complexity index is 1500. The highest BCUT2D eigenvalue weighted by Gasteiger charge is 2.20. The Morgan fingerprint density at radius 3 is 2.33 bits per heavy atom. The van der Waals surface area contributed by atoms with E-state index in [4.69, 9.17) is 8.83 Å². The summed E-state index contributed by atoms with van der Waals surface area (Å²) in [5.41, 5.74) is 4.66. The molecule has 0 unspecified atom stereocenters. The lowest BCUT2D eigenvalue weighted by atomic mass is 9.98. The Morgan fingerprint density at radius 2 is 1.64 bits per heavy atom. The maximum Gasteiger partial charge on any atom is 0.339 e. The lowest BCUT2D eigenvalue weighted by Crippen LogP contribution is -2.49. The number of furan rings is 1. The second-order valence-corrected chi connectivity index (χ2v) is 10.0. The zero-order chi connectivity index (χ0) is 26.0. The standard InChI is InChI=1S/C28H29NO6S/c1-15-18(4)34-25-17(3)26-22(12-21(15)25)16(2)20(28(33)35-26)10-11-24(30)29-23(27(31)32)14-36-13-19-8-6-5-7-9-19/h5-9,12,23H,10-11,13-14H2,1-4H3,(H,29,30)(H,31,32)/p-1/t23-/m0/s1. The number of hydrogen-bond donors (Lipinski definition) is 1. The molecule has 1 N–H and O–H groups in total. The molecule has 8 heteroatoms. The number of thioether (sulfide) groups is 1. The van der Waals surface area contributed by atoms with Crippen molar-refractivity contribution >= 4 is 45.6 Å². The highest BCUT2D eigenvalue weighted by molar-refractivity contribution is 7.98. The Morgan fingerprint density at radius 1 is 0.972 bits per heavy atom. The highest BCUT2D eigenvalue weighted by Crippen LogP contribution is 2.34. The van der Waals surface area contributed by atoms with Crippen LogP contribution < -0.4 is 16.0 Å². The molecule has 4 aromatic rings. The second-order valence-electron chi connectivity index (χ2n) is 8.97. The summed E-state index contributed by atoms with van der Waals surface area (Å²) in [5, 5.41) is 15.8. The molecule has 0 fully saturated rings. The summed E-state index contributed by atoms with van der Waals surface area (Å²) >= 11 is 1.40. The van der Waals surface area contributed by atoms with E-state index in [0.29, 0.717) is 22.5 Å². The maximum atomic E-state index is 12.8. The number of aliphatic carboxylic acids is 1. The largest absolute Gasteiger partial charge is 0.548 e. The minimum atomic E-state index is -1.34. The number of carboxylic acids is 1. The molecule has 0 aliphatic carbocycles. The Kier molecular flexibility index (Phi) is 7.54. The number of carboxylic acid groups (broad SMARTS) is 1. The number of fused-ring (bicyclic) bond motifs is 2. The molecule has 0 aliphatic rings. The van der Waals surface area contributed by atoms with E-state index in [2.05, 4.69) is 5.32 Å². The second kappa shape index (κ2) is 10.6. The topological polar surface area (TPSA) is 113 Å². The Hall–Kier alpha value is -3.52. The van der Waals surface area contributed by atoms with Crippen LogP contribution >= 0.6 is 11.8 Å². The predicted octanol–water partition coefficient (Wildman–Crippen LogP) is 3.87. The van der Waals surface area contributed by atoms with Crippen LogP contribution in [0.25, 0.3) is 21.9 Å². The SMILES string of the molecule is Cc1oc2c(C)c3oc(=O)c(CCC(=O)N[C@@H](CSCc4ccccc4)C(=O)[O-])c(C)c3cc2c1C. The van der Waals surface area contributed by atoms with Crippen LogP contribution in [0, 0.1) is 27.7 Å². The highest BCUT2D eigenvalue weighted by atomic mass is 32.2. The Balaban J connectivity index is 1.47. The molecule has 7 nitrogen and oxygen atoms in total. The number of rotatable bonds is 9. The lowest BCUT2D eigenvalue weighted by molar-refractivity contribution is -0.307. The van der Waals surface area contributed by atoms with Crippen LogP contribution in [0.5, 0.6) is 0 Å². The molecule has 0 aliphatic heterocycles. The minimum absolute atomic E-state index is 0.0463. The number of hydrogen-bond acceptors (Lipinski definition) is 7. The van der Waals surface area contributed by atoms with Crippen LogP contribution in [0.2, 0.25) is 0 Å². The van der Waals surface area contributed by atoms with Gasteiger partial charge in [0.15, 0.2) is 0 Å². The molecule has 0 bridgehead atoms. The molecular weight excluding hydrogens is 478 g/mol. The summed E-state index contributed by atoms with van der Waals surface area (Å²) < 4.78 is 11.5. The fourth-order valence-corrected chi connectivity index (χ4v) is 5.33. The summed E-state index contributed by atoms with van der Waals surface area (Å²) in [5.74, 6) is -0.185. The average Bonchev–Trinajstić information content (AvgIpc) is 3.13. The van der Waals surface area contributed by atoms with Crippen LogP contribution in [-0.4, -0.2) is 23.7 Å². The zero-order valence-corrected chi connectivity index (χ0v) is 21.5. The summed E-state index contributed by atoms with van der Waals surface area (Å²) in [4.78, 5) is 36.9. The molecule has 0 saturated carbocycles. The third-order valence-electron chi connectivity index (χ3n) is 6.56. The molecule has 0 radical (unpaired) electrons. The molecule has 188 valence electrons. The lowest BCUT2D eigenvalue weighted by Gasteiger charge is -2.19. The van der Waals surface area contributed by atoms with Gasteiger partial charge in [0.05, 0.1) is 12.0 Å². The molecule has 4 rings (SSSR count). The molecule has 2 heterocycles. The van der Waals surface area contributed by atoms with Crippen LogP contribution in [0.3, 0.4) is 0 Å². The molecule has 0 spiro atoms. The molecular formula is C28H28NO6S-. The first kappa shape index (κ1) is 25.6. The molecule has 1 atom stereocenters. The van der Waals surface area contributed by atoms with Crippen molar-refractivity contribution < 1.29 is 23.5 Å². The number of amides is 1. The van der Waals surface area contributed by atoms with Gasteiger partial charge in [-0.15, -0.1) is 0 Å². The van der Waals surface area contributed by atoms with Crippen molar-refractivity contribution in [3.8, 4) is 0 Å². The third kappa shape index (κ3) is 5.18. The third-order valence-corrected chi connectivity index (χ3v) is 7.67. The number of carbonyl (C=O) groups excluding carboxylic acids is 2. The van der Waals surface area contributed by atoms with E-state index in [-0.39, 0.29) is 18.6 Å². The van der Waals surface area contributed by atoms with E-state index in [0.717, 1.165) is 38.8 Å². The van der Waals surface area contributed by atoms with E-state index in [1.807, 2.05) is 64.1 Å². The van der Waals surface area contributed by atoms with Gasteiger partial charge in [-0.05, 0) is 56.9 Å². The number of carbonyl (C=O) groups is 2. The minimum Gasteiger partial charge on any atom is -0.548 e. The maximum absolute atomic E-state index is 12.8. The zero-order valence-electron chi connectivity index (χ0n) is 20.7. The van der Waals surface area contributed by atoms with Crippen molar-refractivity contribution in [2.45, 2.75) is 52.3 Å². The predicted molar refractivity (Wildman–Crippen MR) is 139 cm³/mol. The van der Waals surface area contributed by atoms with Crippen molar-refractivity contribution in [2.75, 3.05) is 5.75 Å². The van der Waals surface area contributed by atoms with Crippen molar-refractivity contribution in [2.24, 2.45) is 0 Å². The normalized spacial score (nSPS) is 12.2. The van der Waals surface area contributed by atoms with Crippen LogP contribution in [-0.2, 0) is 21.8 Å². The molecule has 0 saturated heterocycles. The van der Waals surface area contributed by atoms with Gasteiger partial charge in [0.1, 0.15) is 16.9 Å². The molecule has 1 amide bonds. The number of benzene rings is 2. The van der Waals surface area contributed by atoms with Crippen LogP contribution in [0.4, 0.5) is 0 Å². The van der Waals surface area contributed by atoms with Gasteiger partial charge in [0.25, 0.3) is 0 Å². The van der Waals surface area contributed by atoms with Gasteiger partial charge in [-0.25, -0.2) is 4.79 Å². The molecule has 36 heavy (non-hydrogen) atoms. The van der Waals surface area contributed by atoms with E-state index < -0.39 is 23.5 Å². The monoisotopic (exact) mass is 506 g/mol.